The second-order valence-electron chi connectivity index (χ2n) is 6.33. The van der Waals surface area contributed by atoms with Crippen LogP contribution < -0.4 is 0 Å². The topological polar surface area (TPSA) is 49.7 Å². The molecule has 4 rings (SSSR count). The van der Waals surface area contributed by atoms with E-state index in [0.29, 0.717) is 5.92 Å². The van der Waals surface area contributed by atoms with E-state index in [-0.39, 0.29) is 0 Å². The van der Waals surface area contributed by atoms with E-state index in [1.165, 1.54) is 24.1 Å². The van der Waals surface area contributed by atoms with Gasteiger partial charge in [0.1, 0.15) is 0 Å². The zero-order chi connectivity index (χ0) is 15.6. The van der Waals surface area contributed by atoms with E-state index < -0.39 is 0 Å². The monoisotopic (exact) mass is 309 g/mol. The predicted octanol–water partition coefficient (Wildman–Crippen LogP) is 3.16. The van der Waals surface area contributed by atoms with Crippen LogP contribution in [0.15, 0.2) is 36.8 Å². The van der Waals surface area contributed by atoms with Crippen molar-refractivity contribution < 1.29 is 0 Å². The van der Waals surface area contributed by atoms with Crippen molar-refractivity contribution in [3.63, 3.8) is 0 Å². The third-order valence-corrected chi connectivity index (χ3v) is 4.98. The van der Waals surface area contributed by atoms with Gasteiger partial charge in [0.15, 0.2) is 0 Å². The van der Waals surface area contributed by atoms with E-state index >= 15 is 0 Å². The molecule has 1 aliphatic rings. The normalized spacial score (nSPS) is 17.1. The fourth-order valence-electron chi connectivity index (χ4n) is 3.70. The van der Waals surface area contributed by atoms with Crippen molar-refractivity contribution in [3.05, 3.63) is 48.0 Å². The highest BCUT2D eigenvalue weighted by atomic mass is 15.3. The fraction of sp³-hybridized carbons (Fsp3) is 0.444. The van der Waals surface area contributed by atoms with Gasteiger partial charge >= 0.3 is 0 Å². The number of piperidine rings is 1. The van der Waals surface area contributed by atoms with Gasteiger partial charge in [-0.2, -0.15) is 5.10 Å². The number of rotatable bonds is 4. The average Bonchev–Trinajstić information content (AvgIpc) is 3.22. The van der Waals surface area contributed by atoms with Crippen LogP contribution in [0.4, 0.5) is 0 Å². The van der Waals surface area contributed by atoms with E-state index in [9.17, 15) is 0 Å². The second kappa shape index (κ2) is 6.16. The summed E-state index contributed by atoms with van der Waals surface area (Å²) in [5.74, 6) is 0.617. The van der Waals surface area contributed by atoms with Gasteiger partial charge in [-0.15, -0.1) is 0 Å². The first-order valence-electron chi connectivity index (χ1n) is 8.50. The number of fused-ring (bicyclic) bond motifs is 1. The average molecular weight is 309 g/mol. The molecule has 1 fully saturated rings. The number of H-pyrrole nitrogens is 1. The molecule has 1 saturated heterocycles. The number of hydrogen-bond donors (Lipinski definition) is 1. The molecule has 3 aromatic rings. The SMILES string of the molecule is CCn1nccc1CN1CCC(c2c[nH]c3cccnc23)CC1. The standard InChI is InChI=1S/C18H23N5/c1-2-23-15(5-9-21-23)13-22-10-6-14(7-11-22)16-12-20-17-4-3-8-19-18(16)17/h3-5,8-9,12,14,20H,2,6-7,10-11,13H2,1H3. The van der Waals surface area contributed by atoms with Crippen LogP contribution in [0.5, 0.6) is 0 Å². The molecule has 0 aliphatic carbocycles. The van der Waals surface area contributed by atoms with Gasteiger partial charge in [-0.3, -0.25) is 14.6 Å². The van der Waals surface area contributed by atoms with Gasteiger partial charge in [0.2, 0.25) is 0 Å². The molecule has 0 aromatic carbocycles. The van der Waals surface area contributed by atoms with Crippen LogP contribution in [0.1, 0.15) is 36.9 Å². The van der Waals surface area contributed by atoms with Crippen molar-refractivity contribution in [3.8, 4) is 0 Å². The van der Waals surface area contributed by atoms with Crippen molar-refractivity contribution in [2.75, 3.05) is 13.1 Å². The Bertz CT molecular complexity index is 779. The molecule has 5 heteroatoms. The van der Waals surface area contributed by atoms with E-state index in [4.69, 9.17) is 0 Å². The lowest BCUT2D eigenvalue weighted by molar-refractivity contribution is 0.200. The number of pyridine rings is 1. The molecule has 1 N–H and O–H groups in total. The largest absolute Gasteiger partial charge is 0.360 e. The lowest BCUT2D eigenvalue weighted by atomic mass is 9.90. The minimum absolute atomic E-state index is 0.617. The van der Waals surface area contributed by atoms with Crippen molar-refractivity contribution in [1.82, 2.24) is 24.6 Å². The molecule has 0 unspecified atom stereocenters. The van der Waals surface area contributed by atoms with Gasteiger partial charge < -0.3 is 4.98 Å². The highest BCUT2D eigenvalue weighted by Gasteiger charge is 2.23. The number of aryl methyl sites for hydroxylation is 1. The summed E-state index contributed by atoms with van der Waals surface area (Å²) in [6.07, 6.45) is 8.35. The van der Waals surface area contributed by atoms with Crippen LogP contribution in [0.3, 0.4) is 0 Å². The highest BCUT2D eigenvalue weighted by molar-refractivity contribution is 5.79. The first kappa shape index (κ1) is 14.5. The number of aromatic nitrogens is 4. The smallest absolute Gasteiger partial charge is 0.0913 e. The highest BCUT2D eigenvalue weighted by Crippen LogP contribution is 2.32. The molecule has 120 valence electrons. The molecule has 0 atom stereocenters. The molecule has 0 radical (unpaired) electrons. The Morgan fingerprint density at radius 1 is 1.22 bits per heavy atom. The molecule has 1 aliphatic heterocycles. The Morgan fingerprint density at radius 2 is 2.09 bits per heavy atom. The maximum Gasteiger partial charge on any atom is 0.0913 e. The van der Waals surface area contributed by atoms with Gasteiger partial charge in [-0.1, -0.05) is 0 Å². The summed E-state index contributed by atoms with van der Waals surface area (Å²) in [5, 5.41) is 4.37. The van der Waals surface area contributed by atoms with Crippen molar-refractivity contribution in [2.24, 2.45) is 0 Å². The minimum Gasteiger partial charge on any atom is -0.360 e. The van der Waals surface area contributed by atoms with Crippen molar-refractivity contribution >= 4 is 11.0 Å². The summed E-state index contributed by atoms with van der Waals surface area (Å²) in [4.78, 5) is 10.5. The molecular formula is C18H23N5. The van der Waals surface area contributed by atoms with Crippen LogP contribution in [-0.4, -0.2) is 37.7 Å². The summed E-state index contributed by atoms with van der Waals surface area (Å²) in [7, 11) is 0. The van der Waals surface area contributed by atoms with E-state index in [1.54, 1.807) is 0 Å². The third-order valence-electron chi connectivity index (χ3n) is 4.98. The molecule has 0 bridgehead atoms. The number of likely N-dealkylation sites (tertiary alicyclic amines) is 1. The van der Waals surface area contributed by atoms with Crippen molar-refractivity contribution in [2.45, 2.75) is 38.8 Å². The maximum atomic E-state index is 4.56. The molecule has 0 saturated carbocycles. The Labute approximate surface area is 136 Å². The number of hydrogen-bond acceptors (Lipinski definition) is 3. The Hall–Kier alpha value is -2.14. The first-order chi connectivity index (χ1) is 11.3. The Morgan fingerprint density at radius 3 is 2.91 bits per heavy atom. The lowest BCUT2D eigenvalue weighted by Crippen LogP contribution is -2.33. The van der Waals surface area contributed by atoms with E-state index in [0.717, 1.165) is 37.2 Å². The van der Waals surface area contributed by atoms with Crippen molar-refractivity contribution in [1.29, 1.82) is 0 Å². The lowest BCUT2D eigenvalue weighted by Gasteiger charge is -2.31. The molecule has 0 amide bonds. The Kier molecular flexibility index (Phi) is 3.87. The summed E-state index contributed by atoms with van der Waals surface area (Å²) >= 11 is 0. The number of nitrogens with one attached hydrogen (secondary N) is 1. The van der Waals surface area contributed by atoms with E-state index in [1.807, 2.05) is 18.5 Å². The molecule has 0 spiro atoms. The quantitative estimate of drug-likeness (QED) is 0.805. The fourth-order valence-corrected chi connectivity index (χ4v) is 3.70. The number of aromatic amines is 1. The second-order valence-corrected chi connectivity index (χ2v) is 6.33. The van der Waals surface area contributed by atoms with Crippen LogP contribution in [0.25, 0.3) is 11.0 Å². The summed E-state index contributed by atoms with van der Waals surface area (Å²) in [6.45, 7) is 6.37. The molecule has 23 heavy (non-hydrogen) atoms. The van der Waals surface area contributed by atoms with E-state index in [2.05, 4.69) is 49.9 Å². The zero-order valence-electron chi connectivity index (χ0n) is 13.6. The van der Waals surface area contributed by atoms with Gasteiger partial charge in [0.25, 0.3) is 0 Å². The minimum atomic E-state index is 0.617. The summed E-state index contributed by atoms with van der Waals surface area (Å²) in [5.41, 5.74) is 5.00. The molecule has 5 nitrogen and oxygen atoms in total. The Balaban J connectivity index is 1.43. The summed E-state index contributed by atoms with van der Waals surface area (Å²) < 4.78 is 2.09. The van der Waals surface area contributed by atoms with Gasteiger partial charge in [-0.05, 0) is 62.5 Å². The predicted molar refractivity (Wildman–Crippen MR) is 91.2 cm³/mol. The first-order valence-corrected chi connectivity index (χ1v) is 8.50. The molecular weight excluding hydrogens is 286 g/mol. The van der Waals surface area contributed by atoms with Crippen LogP contribution in [-0.2, 0) is 13.1 Å². The van der Waals surface area contributed by atoms with Crippen LogP contribution >= 0.6 is 0 Å². The zero-order valence-corrected chi connectivity index (χ0v) is 13.6. The molecule has 3 aromatic heterocycles. The summed E-state index contributed by atoms with van der Waals surface area (Å²) in [6, 6.07) is 6.23. The van der Waals surface area contributed by atoms with Gasteiger partial charge in [-0.25, -0.2) is 0 Å². The van der Waals surface area contributed by atoms with Gasteiger partial charge in [0, 0.05) is 31.7 Å². The maximum absolute atomic E-state index is 4.56. The number of nitrogens with zero attached hydrogens (tertiary/aromatic N) is 4. The third kappa shape index (κ3) is 2.77. The molecule has 4 heterocycles. The van der Waals surface area contributed by atoms with Gasteiger partial charge in [0.05, 0.1) is 16.7 Å². The van der Waals surface area contributed by atoms with Crippen LogP contribution in [0, 0.1) is 0 Å². The van der Waals surface area contributed by atoms with Crippen LogP contribution in [0.2, 0.25) is 0 Å².